The molecule has 1 aliphatic carbocycles. The molecule has 5 heteroatoms. The number of hydrogen-bond donors (Lipinski definition) is 2. The minimum absolute atomic E-state index is 0. The number of halogens is 1. The summed E-state index contributed by atoms with van der Waals surface area (Å²) < 4.78 is 5.50. The fraction of sp³-hybridized carbons (Fsp3) is 0.611. The molecule has 1 fully saturated rings. The molecule has 0 aliphatic heterocycles. The van der Waals surface area contributed by atoms with E-state index in [2.05, 4.69) is 10.6 Å². The maximum Gasteiger partial charge on any atom is 0.255 e. The Kier molecular flexibility index (Phi) is 9.72. The van der Waals surface area contributed by atoms with Crippen LogP contribution < -0.4 is 15.4 Å². The standard InChI is InChI=1S/C18H28N2O2.ClH/c1-2-22-17-12-8-7-11-16(17)18(21)20-14-13-19-15-9-5-3-4-6-10-15;/h7-8,11-12,15,19H,2-6,9-10,13-14H2,1H3,(H,20,21);1H. The molecule has 0 bridgehead atoms. The molecule has 2 N–H and O–H groups in total. The molecular weight excluding hydrogens is 312 g/mol. The highest BCUT2D eigenvalue weighted by Gasteiger charge is 2.13. The second kappa shape index (κ2) is 11.3. The summed E-state index contributed by atoms with van der Waals surface area (Å²) in [5, 5.41) is 6.53. The Labute approximate surface area is 145 Å². The molecule has 0 spiro atoms. The van der Waals surface area contributed by atoms with Crippen molar-refractivity contribution in [2.75, 3.05) is 19.7 Å². The van der Waals surface area contributed by atoms with E-state index in [0.29, 0.717) is 30.5 Å². The fourth-order valence-corrected chi connectivity index (χ4v) is 2.97. The van der Waals surface area contributed by atoms with Gasteiger partial charge in [0, 0.05) is 19.1 Å². The molecule has 0 saturated heterocycles. The van der Waals surface area contributed by atoms with Crippen LogP contribution in [-0.2, 0) is 0 Å². The average molecular weight is 341 g/mol. The van der Waals surface area contributed by atoms with Crippen LogP contribution in [-0.4, -0.2) is 31.6 Å². The van der Waals surface area contributed by atoms with Gasteiger partial charge in [-0.2, -0.15) is 0 Å². The zero-order chi connectivity index (χ0) is 15.6. The number of amides is 1. The Morgan fingerprint density at radius 3 is 2.52 bits per heavy atom. The van der Waals surface area contributed by atoms with E-state index >= 15 is 0 Å². The van der Waals surface area contributed by atoms with E-state index in [4.69, 9.17) is 4.74 Å². The van der Waals surface area contributed by atoms with Gasteiger partial charge in [-0.25, -0.2) is 0 Å². The van der Waals surface area contributed by atoms with Crippen LogP contribution in [0.3, 0.4) is 0 Å². The van der Waals surface area contributed by atoms with Crippen LogP contribution in [0.1, 0.15) is 55.8 Å². The zero-order valence-corrected chi connectivity index (χ0v) is 14.8. The molecule has 0 unspecified atom stereocenters. The number of nitrogens with one attached hydrogen (secondary N) is 2. The van der Waals surface area contributed by atoms with E-state index in [1.54, 1.807) is 6.07 Å². The third kappa shape index (κ3) is 6.80. The Bertz CT molecular complexity index is 460. The highest BCUT2D eigenvalue weighted by molar-refractivity contribution is 5.96. The van der Waals surface area contributed by atoms with Crippen molar-refractivity contribution in [1.29, 1.82) is 0 Å². The molecule has 1 amide bonds. The third-order valence-corrected chi connectivity index (χ3v) is 4.13. The first-order valence-corrected chi connectivity index (χ1v) is 8.54. The molecule has 0 atom stereocenters. The Balaban J connectivity index is 0.00000264. The van der Waals surface area contributed by atoms with Gasteiger partial charge in [0.25, 0.3) is 5.91 Å². The number of hydrogen-bond acceptors (Lipinski definition) is 3. The number of rotatable bonds is 7. The van der Waals surface area contributed by atoms with Gasteiger partial charge in [0.15, 0.2) is 0 Å². The highest BCUT2D eigenvalue weighted by Crippen LogP contribution is 2.18. The van der Waals surface area contributed by atoms with E-state index < -0.39 is 0 Å². The lowest BCUT2D eigenvalue weighted by molar-refractivity contribution is 0.0949. The Morgan fingerprint density at radius 2 is 1.83 bits per heavy atom. The highest BCUT2D eigenvalue weighted by atomic mass is 35.5. The molecule has 2 rings (SSSR count). The van der Waals surface area contributed by atoms with Gasteiger partial charge in [-0.3, -0.25) is 4.79 Å². The normalized spacial score (nSPS) is 15.3. The van der Waals surface area contributed by atoms with E-state index in [9.17, 15) is 4.79 Å². The fourth-order valence-electron chi connectivity index (χ4n) is 2.97. The summed E-state index contributed by atoms with van der Waals surface area (Å²) in [5.74, 6) is 0.589. The molecule has 0 radical (unpaired) electrons. The minimum Gasteiger partial charge on any atom is -0.493 e. The van der Waals surface area contributed by atoms with E-state index in [0.717, 1.165) is 6.54 Å². The van der Waals surface area contributed by atoms with Gasteiger partial charge in [-0.1, -0.05) is 37.8 Å². The summed E-state index contributed by atoms with van der Waals surface area (Å²) in [4.78, 5) is 12.2. The molecular formula is C18H29ClN2O2. The quantitative estimate of drug-likeness (QED) is 0.589. The third-order valence-electron chi connectivity index (χ3n) is 4.13. The summed E-state index contributed by atoms with van der Waals surface area (Å²) >= 11 is 0. The number of para-hydroxylation sites is 1. The van der Waals surface area contributed by atoms with Crippen molar-refractivity contribution in [1.82, 2.24) is 10.6 Å². The number of ether oxygens (including phenoxy) is 1. The lowest BCUT2D eigenvalue weighted by Crippen LogP contribution is -2.37. The topological polar surface area (TPSA) is 50.4 Å². The lowest BCUT2D eigenvalue weighted by atomic mass is 10.1. The molecule has 1 saturated carbocycles. The van der Waals surface area contributed by atoms with Crippen molar-refractivity contribution in [2.24, 2.45) is 0 Å². The van der Waals surface area contributed by atoms with E-state index in [1.165, 1.54) is 38.5 Å². The van der Waals surface area contributed by atoms with Crippen LogP contribution in [0.15, 0.2) is 24.3 Å². The van der Waals surface area contributed by atoms with Crippen molar-refractivity contribution >= 4 is 18.3 Å². The van der Waals surface area contributed by atoms with Gasteiger partial charge in [0.05, 0.1) is 12.2 Å². The van der Waals surface area contributed by atoms with Crippen LogP contribution in [0.25, 0.3) is 0 Å². The molecule has 4 nitrogen and oxygen atoms in total. The van der Waals surface area contributed by atoms with Crippen LogP contribution in [0.2, 0.25) is 0 Å². The van der Waals surface area contributed by atoms with Gasteiger partial charge < -0.3 is 15.4 Å². The summed E-state index contributed by atoms with van der Waals surface area (Å²) in [6.07, 6.45) is 7.91. The van der Waals surface area contributed by atoms with E-state index in [1.807, 2.05) is 25.1 Å². The van der Waals surface area contributed by atoms with Crippen molar-refractivity contribution in [2.45, 2.75) is 51.5 Å². The average Bonchev–Trinajstić information content (AvgIpc) is 2.81. The predicted molar refractivity (Wildman–Crippen MR) is 96.7 cm³/mol. The maximum atomic E-state index is 12.2. The lowest BCUT2D eigenvalue weighted by Gasteiger charge is -2.16. The van der Waals surface area contributed by atoms with Gasteiger partial charge in [0.2, 0.25) is 0 Å². The summed E-state index contributed by atoms with van der Waals surface area (Å²) in [5.41, 5.74) is 0.610. The number of carbonyl (C=O) groups is 1. The van der Waals surface area contributed by atoms with Gasteiger partial charge in [-0.15, -0.1) is 12.4 Å². The Morgan fingerprint density at radius 1 is 1.13 bits per heavy atom. The summed E-state index contributed by atoms with van der Waals surface area (Å²) in [6.45, 7) is 3.96. The minimum atomic E-state index is -0.0632. The van der Waals surface area contributed by atoms with Crippen LogP contribution >= 0.6 is 12.4 Å². The van der Waals surface area contributed by atoms with Crippen LogP contribution in [0.4, 0.5) is 0 Å². The van der Waals surface area contributed by atoms with Crippen molar-refractivity contribution in [3.63, 3.8) is 0 Å². The first kappa shape index (κ1) is 19.8. The SMILES string of the molecule is CCOc1ccccc1C(=O)NCCNC1CCCCCC1.Cl. The molecule has 130 valence electrons. The van der Waals surface area contributed by atoms with Gasteiger partial charge >= 0.3 is 0 Å². The molecule has 0 heterocycles. The molecule has 0 aromatic heterocycles. The largest absolute Gasteiger partial charge is 0.493 e. The number of carbonyl (C=O) groups excluding carboxylic acids is 1. The van der Waals surface area contributed by atoms with E-state index in [-0.39, 0.29) is 18.3 Å². The van der Waals surface area contributed by atoms with Gasteiger partial charge in [-0.05, 0) is 31.9 Å². The van der Waals surface area contributed by atoms with Crippen LogP contribution in [0.5, 0.6) is 5.75 Å². The van der Waals surface area contributed by atoms with Crippen molar-refractivity contribution < 1.29 is 9.53 Å². The first-order chi connectivity index (χ1) is 10.8. The second-order valence-corrected chi connectivity index (χ2v) is 5.83. The van der Waals surface area contributed by atoms with Crippen LogP contribution in [0, 0.1) is 0 Å². The Hall–Kier alpha value is -1.26. The first-order valence-electron chi connectivity index (χ1n) is 8.54. The molecule has 1 aromatic carbocycles. The molecule has 1 aliphatic rings. The smallest absolute Gasteiger partial charge is 0.255 e. The van der Waals surface area contributed by atoms with Crippen molar-refractivity contribution in [3.05, 3.63) is 29.8 Å². The monoisotopic (exact) mass is 340 g/mol. The summed E-state index contributed by atoms with van der Waals surface area (Å²) in [7, 11) is 0. The predicted octanol–water partition coefficient (Wildman–Crippen LogP) is 3.55. The summed E-state index contributed by atoms with van der Waals surface area (Å²) in [6, 6.07) is 8.01. The number of benzene rings is 1. The second-order valence-electron chi connectivity index (χ2n) is 5.83. The molecule has 23 heavy (non-hydrogen) atoms. The maximum absolute atomic E-state index is 12.2. The zero-order valence-electron chi connectivity index (χ0n) is 14.0. The van der Waals surface area contributed by atoms with Crippen molar-refractivity contribution in [3.8, 4) is 5.75 Å². The molecule has 1 aromatic rings. The van der Waals surface area contributed by atoms with Gasteiger partial charge in [0.1, 0.15) is 5.75 Å².